The first kappa shape index (κ1) is 23.8. The monoisotopic (exact) mass is 481 g/mol. The van der Waals surface area contributed by atoms with E-state index in [9.17, 15) is 23.2 Å². The number of pyridine rings is 1. The number of hydrogen-bond donors (Lipinski definition) is 3. The summed E-state index contributed by atoms with van der Waals surface area (Å²) in [5.41, 5.74) is 4.03. The minimum atomic E-state index is -3.92. The Labute approximate surface area is 199 Å². The summed E-state index contributed by atoms with van der Waals surface area (Å²) < 4.78 is 33.7. The summed E-state index contributed by atoms with van der Waals surface area (Å²) in [6.45, 7) is -1.72. The number of nitrogens with one attached hydrogen (secondary N) is 2. The van der Waals surface area contributed by atoms with Gasteiger partial charge in [-0.15, -0.1) is 0 Å². The van der Waals surface area contributed by atoms with Crippen molar-refractivity contribution in [1.82, 2.24) is 15.6 Å². The zero-order valence-electron chi connectivity index (χ0n) is 18.3. The van der Waals surface area contributed by atoms with E-state index in [1.165, 1.54) is 12.3 Å². The second-order valence-corrected chi connectivity index (χ2v) is 7.91. The number of carboxylic acid groups (broad SMARTS) is 1. The van der Waals surface area contributed by atoms with E-state index in [4.69, 9.17) is 9.84 Å². The number of aromatic carboxylic acids is 1. The van der Waals surface area contributed by atoms with Gasteiger partial charge in [0.2, 0.25) is 0 Å². The van der Waals surface area contributed by atoms with Gasteiger partial charge < -0.3 is 20.5 Å². The van der Waals surface area contributed by atoms with Crippen LogP contribution in [-0.2, 0) is 16.1 Å². The summed E-state index contributed by atoms with van der Waals surface area (Å²) in [6.07, 6.45) is 0.122. The highest BCUT2D eigenvalue weighted by Crippen LogP contribution is 2.44. The molecule has 0 bridgehead atoms. The van der Waals surface area contributed by atoms with Crippen molar-refractivity contribution in [2.75, 3.05) is 13.2 Å². The molecule has 0 saturated heterocycles. The second kappa shape index (κ2) is 9.88. The maximum absolute atomic E-state index is 14.2. The Balaban J connectivity index is 1.29. The molecule has 0 fully saturated rings. The molecule has 0 aliphatic heterocycles. The molecule has 4 rings (SSSR count). The number of carbonyl (C=O) groups is 3. The number of benzene rings is 2. The molecule has 35 heavy (non-hydrogen) atoms. The molecule has 0 radical (unpaired) electrons. The van der Waals surface area contributed by atoms with Crippen molar-refractivity contribution in [2.45, 2.75) is 18.4 Å². The molecule has 0 spiro atoms. The fourth-order valence-electron chi connectivity index (χ4n) is 3.92. The lowest BCUT2D eigenvalue weighted by Gasteiger charge is -2.18. The molecule has 1 heterocycles. The van der Waals surface area contributed by atoms with Gasteiger partial charge in [0, 0.05) is 12.1 Å². The number of alkyl halides is 2. The predicted molar refractivity (Wildman–Crippen MR) is 121 cm³/mol. The van der Waals surface area contributed by atoms with E-state index in [2.05, 4.69) is 4.98 Å². The van der Waals surface area contributed by atoms with Crippen molar-refractivity contribution in [3.8, 4) is 11.1 Å². The summed E-state index contributed by atoms with van der Waals surface area (Å²) in [4.78, 5) is 38.8. The SMILES string of the molecule is O=C(NCC(F)(F)C(=O)NCc1cc(C(=O)O)ccn1)OCC1c2ccccc2-c2ccccc21. The van der Waals surface area contributed by atoms with Gasteiger partial charge in [-0.05, 0) is 34.4 Å². The van der Waals surface area contributed by atoms with Gasteiger partial charge in [-0.2, -0.15) is 8.78 Å². The van der Waals surface area contributed by atoms with Crippen molar-refractivity contribution in [3.05, 3.63) is 89.2 Å². The summed E-state index contributed by atoms with van der Waals surface area (Å²) in [6, 6.07) is 17.8. The van der Waals surface area contributed by atoms with E-state index < -0.39 is 37.0 Å². The molecule has 8 nitrogen and oxygen atoms in total. The first-order valence-corrected chi connectivity index (χ1v) is 10.7. The minimum Gasteiger partial charge on any atom is -0.478 e. The molecule has 10 heteroatoms. The number of hydrogen-bond acceptors (Lipinski definition) is 5. The van der Waals surface area contributed by atoms with Gasteiger partial charge in [-0.1, -0.05) is 48.5 Å². The highest BCUT2D eigenvalue weighted by atomic mass is 19.3. The largest absolute Gasteiger partial charge is 0.478 e. The van der Waals surface area contributed by atoms with Crippen LogP contribution in [0.1, 0.15) is 33.1 Å². The van der Waals surface area contributed by atoms with Crippen LogP contribution >= 0.6 is 0 Å². The normalized spacial score (nSPS) is 12.4. The number of fused-ring (bicyclic) bond motifs is 3. The number of amides is 2. The highest BCUT2D eigenvalue weighted by Gasteiger charge is 2.39. The minimum absolute atomic E-state index is 0.0524. The van der Waals surface area contributed by atoms with Crippen LogP contribution < -0.4 is 10.6 Å². The molecule has 1 aromatic heterocycles. The first-order valence-electron chi connectivity index (χ1n) is 10.7. The highest BCUT2D eigenvalue weighted by molar-refractivity contribution is 5.87. The molecule has 3 aromatic rings. The van der Waals surface area contributed by atoms with Gasteiger partial charge in [-0.3, -0.25) is 9.78 Å². The lowest BCUT2D eigenvalue weighted by atomic mass is 9.98. The topological polar surface area (TPSA) is 118 Å². The van der Waals surface area contributed by atoms with Crippen LogP contribution in [-0.4, -0.2) is 47.1 Å². The van der Waals surface area contributed by atoms with Crippen molar-refractivity contribution in [3.63, 3.8) is 0 Å². The molecule has 0 saturated carbocycles. The molecule has 0 atom stereocenters. The molecule has 2 aromatic carbocycles. The summed E-state index contributed by atoms with van der Waals surface area (Å²) in [5, 5.41) is 12.9. The lowest BCUT2D eigenvalue weighted by Crippen LogP contribution is -2.48. The number of aromatic nitrogens is 1. The van der Waals surface area contributed by atoms with E-state index in [0.717, 1.165) is 28.3 Å². The number of halogens is 2. The van der Waals surface area contributed by atoms with Crippen LogP contribution in [0.25, 0.3) is 11.1 Å². The Bertz CT molecular complexity index is 1240. The third kappa shape index (κ3) is 5.26. The average molecular weight is 481 g/mol. The fourth-order valence-corrected chi connectivity index (χ4v) is 3.92. The van der Waals surface area contributed by atoms with Crippen molar-refractivity contribution < 1.29 is 33.0 Å². The Morgan fingerprint density at radius 3 is 2.23 bits per heavy atom. The summed E-state index contributed by atoms with van der Waals surface area (Å²) in [5.74, 6) is -7.00. The summed E-state index contributed by atoms with van der Waals surface area (Å²) >= 11 is 0. The Morgan fingerprint density at radius 1 is 0.971 bits per heavy atom. The molecule has 1 aliphatic carbocycles. The van der Waals surface area contributed by atoms with Crippen LogP contribution in [0.2, 0.25) is 0 Å². The zero-order chi connectivity index (χ0) is 25.0. The van der Waals surface area contributed by atoms with E-state index in [-0.39, 0.29) is 23.8 Å². The molecule has 0 unspecified atom stereocenters. The van der Waals surface area contributed by atoms with E-state index in [1.807, 2.05) is 59.2 Å². The van der Waals surface area contributed by atoms with Gasteiger partial charge in [0.15, 0.2) is 0 Å². The number of ether oxygens (including phenoxy) is 1. The average Bonchev–Trinajstić information content (AvgIpc) is 3.18. The van der Waals surface area contributed by atoms with Gasteiger partial charge in [-0.25, -0.2) is 9.59 Å². The van der Waals surface area contributed by atoms with Gasteiger partial charge in [0.1, 0.15) is 6.61 Å². The van der Waals surface area contributed by atoms with Gasteiger partial charge in [0.25, 0.3) is 5.91 Å². The van der Waals surface area contributed by atoms with Gasteiger partial charge >= 0.3 is 18.0 Å². The van der Waals surface area contributed by atoms with Crippen LogP contribution in [0.4, 0.5) is 13.6 Å². The van der Waals surface area contributed by atoms with Crippen LogP contribution in [0.15, 0.2) is 66.9 Å². The standard InChI is InChI=1S/C25H21F2N3O5/c26-25(27,23(33)29-12-16-11-15(22(31)32)9-10-28-16)14-30-24(34)35-13-21-19-7-3-1-5-17(19)18-6-2-4-8-20(18)21/h1-11,21H,12-14H2,(H,29,33)(H,30,34)(H,31,32). The Hall–Kier alpha value is -4.34. The van der Waals surface area contributed by atoms with Crippen LogP contribution in [0.3, 0.4) is 0 Å². The number of rotatable bonds is 8. The smallest absolute Gasteiger partial charge is 0.407 e. The fraction of sp³-hybridized carbons (Fsp3) is 0.200. The molecular weight excluding hydrogens is 460 g/mol. The maximum atomic E-state index is 14.2. The predicted octanol–water partition coefficient (Wildman–Crippen LogP) is 3.57. The maximum Gasteiger partial charge on any atom is 0.407 e. The third-order valence-corrected chi connectivity index (χ3v) is 5.62. The summed E-state index contributed by atoms with van der Waals surface area (Å²) in [7, 11) is 0. The zero-order valence-corrected chi connectivity index (χ0v) is 18.3. The number of nitrogens with zero attached hydrogens (tertiary/aromatic N) is 1. The van der Waals surface area contributed by atoms with Crippen molar-refractivity contribution in [2.24, 2.45) is 0 Å². The van der Waals surface area contributed by atoms with Crippen molar-refractivity contribution in [1.29, 1.82) is 0 Å². The Morgan fingerprint density at radius 2 is 1.60 bits per heavy atom. The molecule has 1 aliphatic rings. The van der Waals surface area contributed by atoms with Crippen LogP contribution in [0, 0.1) is 0 Å². The first-order chi connectivity index (χ1) is 16.8. The van der Waals surface area contributed by atoms with E-state index >= 15 is 0 Å². The molecule has 2 amide bonds. The molecular formula is C25H21F2N3O5. The quantitative estimate of drug-likeness (QED) is 0.453. The van der Waals surface area contributed by atoms with Crippen molar-refractivity contribution >= 4 is 18.0 Å². The lowest BCUT2D eigenvalue weighted by molar-refractivity contribution is -0.144. The molecule has 3 N–H and O–H groups in total. The number of carboxylic acids is 1. The number of carbonyl (C=O) groups excluding carboxylic acids is 2. The number of alkyl carbamates (subject to hydrolysis) is 1. The Kier molecular flexibility index (Phi) is 6.72. The van der Waals surface area contributed by atoms with E-state index in [0.29, 0.717) is 0 Å². The second-order valence-electron chi connectivity index (χ2n) is 7.91. The third-order valence-electron chi connectivity index (χ3n) is 5.62. The van der Waals surface area contributed by atoms with Gasteiger partial charge in [0.05, 0.1) is 24.3 Å². The van der Waals surface area contributed by atoms with Crippen LogP contribution in [0.5, 0.6) is 0 Å². The molecule has 180 valence electrons. The van der Waals surface area contributed by atoms with E-state index in [1.54, 1.807) is 0 Å².